The Morgan fingerprint density at radius 3 is 2.21 bits per heavy atom. The molecular weight excluding hydrogens is 378 g/mol. The minimum atomic E-state index is -1.21. The van der Waals surface area contributed by atoms with Crippen molar-refractivity contribution in [2.24, 2.45) is 11.8 Å². The third-order valence-electron chi connectivity index (χ3n) is 5.23. The Morgan fingerprint density at radius 1 is 1.03 bits per heavy atom. The van der Waals surface area contributed by atoms with Gasteiger partial charge in [0.1, 0.15) is 6.54 Å². The summed E-state index contributed by atoms with van der Waals surface area (Å²) in [5.41, 5.74) is 4.75. The molecule has 0 spiro atoms. The van der Waals surface area contributed by atoms with Crippen LogP contribution in [0.2, 0.25) is 0 Å². The van der Waals surface area contributed by atoms with Crippen molar-refractivity contribution in [3.8, 4) is 0 Å². The number of ether oxygens (including phenoxy) is 1. The first kappa shape index (κ1) is 20.5. The van der Waals surface area contributed by atoms with Crippen molar-refractivity contribution in [3.05, 3.63) is 35.9 Å². The molecule has 0 aromatic heterocycles. The molecule has 0 bridgehead atoms. The summed E-state index contributed by atoms with van der Waals surface area (Å²) in [6, 6.07) is 8.26. The predicted molar refractivity (Wildman–Crippen MR) is 99.8 cm³/mol. The monoisotopic (exact) mass is 401 g/mol. The number of hydrogen-bond donors (Lipinski definition) is 2. The molecule has 0 radical (unpaired) electrons. The number of nitrogens with zero attached hydrogens (tertiary/aromatic N) is 1. The smallest absolute Gasteiger partial charge is 0.326 e. The van der Waals surface area contributed by atoms with Crippen LogP contribution in [0.5, 0.6) is 0 Å². The molecule has 1 aromatic carbocycles. The summed E-state index contributed by atoms with van der Waals surface area (Å²) < 4.78 is 5.01. The van der Waals surface area contributed by atoms with Crippen molar-refractivity contribution < 1.29 is 28.7 Å². The van der Waals surface area contributed by atoms with Crippen molar-refractivity contribution in [3.63, 3.8) is 0 Å². The van der Waals surface area contributed by atoms with Crippen LogP contribution < -0.4 is 10.9 Å². The third-order valence-corrected chi connectivity index (χ3v) is 5.23. The maximum Gasteiger partial charge on any atom is 0.326 e. The second kappa shape index (κ2) is 8.85. The predicted octanol–water partition coefficient (Wildman–Crippen LogP) is 0.555. The molecule has 1 aliphatic carbocycles. The van der Waals surface area contributed by atoms with Gasteiger partial charge in [-0.1, -0.05) is 31.0 Å². The van der Waals surface area contributed by atoms with Gasteiger partial charge in [0.2, 0.25) is 11.8 Å². The highest BCUT2D eigenvalue weighted by Crippen LogP contribution is 2.37. The fourth-order valence-corrected chi connectivity index (χ4v) is 3.69. The SMILES string of the molecule is C[C@H](OC(=O)CN1C(=O)[C@H]2CCCC[C@H]2C1=O)C(=O)NNC(=O)c1ccccc1. The zero-order valence-electron chi connectivity index (χ0n) is 16.1. The highest BCUT2D eigenvalue weighted by atomic mass is 16.5. The van der Waals surface area contributed by atoms with Crippen LogP contribution in [-0.2, 0) is 23.9 Å². The van der Waals surface area contributed by atoms with Crippen LogP contribution in [0.25, 0.3) is 0 Å². The molecule has 9 heteroatoms. The Balaban J connectivity index is 1.47. The summed E-state index contributed by atoms with van der Waals surface area (Å²) in [4.78, 5) is 61.8. The number of hydrogen-bond acceptors (Lipinski definition) is 6. The van der Waals surface area contributed by atoms with Crippen LogP contribution in [0.4, 0.5) is 0 Å². The topological polar surface area (TPSA) is 122 Å². The standard InChI is InChI=1S/C20H23N3O6/c1-12(17(25)21-22-18(26)13-7-3-2-4-8-13)29-16(24)11-23-19(27)14-9-5-6-10-15(14)20(23)28/h2-4,7-8,12,14-15H,5-6,9-11H2,1H3,(H,21,25)(H,22,26)/t12-,14-,15+/m0/s1. The number of rotatable bonds is 5. The summed E-state index contributed by atoms with van der Waals surface area (Å²) >= 11 is 0. The molecule has 154 valence electrons. The molecule has 29 heavy (non-hydrogen) atoms. The Labute approximate surface area is 167 Å². The lowest BCUT2D eigenvalue weighted by atomic mass is 9.81. The third kappa shape index (κ3) is 4.61. The zero-order valence-corrected chi connectivity index (χ0v) is 16.1. The van der Waals surface area contributed by atoms with E-state index >= 15 is 0 Å². The number of imide groups is 1. The molecule has 1 heterocycles. The van der Waals surface area contributed by atoms with E-state index in [2.05, 4.69) is 10.9 Å². The van der Waals surface area contributed by atoms with E-state index in [1.54, 1.807) is 30.3 Å². The summed E-state index contributed by atoms with van der Waals surface area (Å²) in [5.74, 6) is -3.50. The lowest BCUT2D eigenvalue weighted by Crippen LogP contribution is -2.47. The quantitative estimate of drug-likeness (QED) is 0.422. The second-order valence-corrected chi connectivity index (χ2v) is 7.20. The molecule has 1 saturated heterocycles. The summed E-state index contributed by atoms with van der Waals surface area (Å²) in [7, 11) is 0. The van der Waals surface area contributed by atoms with Gasteiger partial charge in [-0.2, -0.15) is 0 Å². The Hall–Kier alpha value is -3.23. The number of carbonyl (C=O) groups excluding carboxylic acids is 5. The normalized spacial score (nSPS) is 21.9. The van der Waals surface area contributed by atoms with Crippen LogP contribution in [0.1, 0.15) is 43.0 Å². The Bertz CT molecular complexity index is 801. The van der Waals surface area contributed by atoms with Gasteiger partial charge < -0.3 is 4.74 Å². The van der Waals surface area contributed by atoms with E-state index in [9.17, 15) is 24.0 Å². The summed E-state index contributed by atoms with van der Waals surface area (Å²) in [5, 5.41) is 0. The van der Waals surface area contributed by atoms with Crippen LogP contribution in [0.3, 0.4) is 0 Å². The van der Waals surface area contributed by atoms with Gasteiger partial charge in [-0.15, -0.1) is 0 Å². The Morgan fingerprint density at radius 2 is 1.62 bits per heavy atom. The van der Waals surface area contributed by atoms with E-state index < -0.39 is 30.4 Å². The van der Waals surface area contributed by atoms with E-state index in [-0.39, 0.29) is 23.7 Å². The van der Waals surface area contributed by atoms with E-state index in [1.165, 1.54) is 6.92 Å². The Kier molecular flexibility index (Phi) is 6.26. The van der Waals surface area contributed by atoms with Crippen molar-refractivity contribution >= 4 is 29.6 Å². The van der Waals surface area contributed by atoms with Gasteiger partial charge in [-0.25, -0.2) is 0 Å². The van der Waals surface area contributed by atoms with Crippen LogP contribution >= 0.6 is 0 Å². The van der Waals surface area contributed by atoms with E-state index in [0.29, 0.717) is 18.4 Å². The lowest BCUT2D eigenvalue weighted by molar-refractivity contribution is -0.159. The highest BCUT2D eigenvalue weighted by molar-refractivity contribution is 6.07. The van der Waals surface area contributed by atoms with Crippen molar-refractivity contribution in [1.82, 2.24) is 15.8 Å². The van der Waals surface area contributed by atoms with Gasteiger partial charge in [-0.3, -0.25) is 39.7 Å². The number of benzene rings is 1. The van der Waals surface area contributed by atoms with E-state index in [4.69, 9.17) is 4.74 Å². The van der Waals surface area contributed by atoms with Gasteiger partial charge in [0.05, 0.1) is 11.8 Å². The lowest BCUT2D eigenvalue weighted by Gasteiger charge is -2.19. The molecule has 1 aliphatic heterocycles. The summed E-state index contributed by atoms with van der Waals surface area (Å²) in [6.45, 7) is 0.813. The molecule has 1 saturated carbocycles. The number of hydrazine groups is 1. The average molecular weight is 401 g/mol. The maximum absolute atomic E-state index is 12.4. The first-order valence-electron chi connectivity index (χ1n) is 9.58. The molecule has 9 nitrogen and oxygen atoms in total. The number of fused-ring (bicyclic) bond motifs is 1. The highest BCUT2D eigenvalue weighted by Gasteiger charge is 2.48. The first-order valence-corrected chi connectivity index (χ1v) is 9.58. The van der Waals surface area contributed by atoms with Crippen LogP contribution in [0, 0.1) is 11.8 Å². The molecule has 0 unspecified atom stereocenters. The largest absolute Gasteiger partial charge is 0.451 e. The minimum absolute atomic E-state index is 0.344. The average Bonchev–Trinajstić information content (AvgIpc) is 2.97. The van der Waals surface area contributed by atoms with Crippen LogP contribution in [0.15, 0.2) is 30.3 Å². The number of likely N-dealkylation sites (tertiary alicyclic amines) is 1. The van der Waals surface area contributed by atoms with Crippen molar-refractivity contribution in [2.75, 3.05) is 6.54 Å². The second-order valence-electron chi connectivity index (χ2n) is 7.20. The number of carbonyl (C=O) groups is 5. The van der Waals surface area contributed by atoms with Gasteiger partial charge in [0.25, 0.3) is 11.8 Å². The molecule has 1 aromatic rings. The zero-order chi connectivity index (χ0) is 21.0. The molecule has 2 fully saturated rings. The van der Waals surface area contributed by atoms with Crippen molar-refractivity contribution in [1.29, 1.82) is 0 Å². The van der Waals surface area contributed by atoms with Gasteiger partial charge in [0, 0.05) is 5.56 Å². The van der Waals surface area contributed by atoms with Gasteiger partial charge >= 0.3 is 5.97 Å². The first-order chi connectivity index (χ1) is 13.9. The van der Waals surface area contributed by atoms with Crippen molar-refractivity contribution in [2.45, 2.75) is 38.7 Å². The molecule has 2 N–H and O–H groups in total. The van der Waals surface area contributed by atoms with E-state index in [0.717, 1.165) is 17.7 Å². The van der Waals surface area contributed by atoms with Gasteiger partial charge in [-0.05, 0) is 31.9 Å². The maximum atomic E-state index is 12.4. The fraction of sp³-hybridized carbons (Fsp3) is 0.450. The number of esters is 1. The van der Waals surface area contributed by atoms with E-state index in [1.807, 2.05) is 0 Å². The number of amides is 4. The van der Waals surface area contributed by atoms with Crippen LogP contribution in [-0.4, -0.2) is 47.1 Å². The molecule has 4 amide bonds. The fourth-order valence-electron chi connectivity index (χ4n) is 3.69. The number of nitrogens with one attached hydrogen (secondary N) is 2. The molecule has 3 atom stereocenters. The minimum Gasteiger partial charge on any atom is -0.451 e. The molecule has 2 aliphatic rings. The molecular formula is C20H23N3O6. The van der Waals surface area contributed by atoms with Gasteiger partial charge in [0.15, 0.2) is 6.10 Å². The summed E-state index contributed by atoms with van der Waals surface area (Å²) in [6.07, 6.45) is 1.88. The molecule has 3 rings (SSSR count).